The standard InChI is InChI=1S/C10H19NO/c1-8(2)6-9-4-3-5-10(7-9)11-12/h8-9,12H,3-7H2,1-2H3. The second kappa shape index (κ2) is 4.48. The maximum absolute atomic E-state index is 8.63. The number of hydrogen-bond acceptors (Lipinski definition) is 2. The van der Waals surface area contributed by atoms with E-state index in [0.29, 0.717) is 0 Å². The summed E-state index contributed by atoms with van der Waals surface area (Å²) in [7, 11) is 0. The Morgan fingerprint density at radius 2 is 2.33 bits per heavy atom. The Kier molecular flexibility index (Phi) is 3.57. The number of rotatable bonds is 2. The van der Waals surface area contributed by atoms with Crippen LogP contribution < -0.4 is 0 Å². The molecule has 0 amide bonds. The summed E-state index contributed by atoms with van der Waals surface area (Å²) in [6, 6.07) is 0. The molecule has 0 radical (unpaired) electrons. The molecule has 0 aromatic heterocycles. The molecule has 2 heteroatoms. The van der Waals surface area contributed by atoms with Crippen LogP contribution in [0.5, 0.6) is 0 Å². The fourth-order valence-electron chi connectivity index (χ4n) is 2.09. The van der Waals surface area contributed by atoms with Crippen molar-refractivity contribution in [2.75, 3.05) is 0 Å². The number of oxime groups is 1. The van der Waals surface area contributed by atoms with Gasteiger partial charge in [0.15, 0.2) is 0 Å². The molecule has 1 rings (SSSR count). The van der Waals surface area contributed by atoms with E-state index in [1.54, 1.807) is 0 Å². The van der Waals surface area contributed by atoms with Gasteiger partial charge in [-0.25, -0.2) is 0 Å². The van der Waals surface area contributed by atoms with Crippen molar-refractivity contribution in [2.24, 2.45) is 17.0 Å². The number of hydrogen-bond donors (Lipinski definition) is 1. The minimum Gasteiger partial charge on any atom is -0.411 e. The van der Waals surface area contributed by atoms with Crippen molar-refractivity contribution >= 4 is 5.71 Å². The first-order valence-electron chi connectivity index (χ1n) is 4.92. The van der Waals surface area contributed by atoms with Gasteiger partial charge in [0.1, 0.15) is 0 Å². The van der Waals surface area contributed by atoms with Crippen LogP contribution in [0.3, 0.4) is 0 Å². The van der Waals surface area contributed by atoms with Crippen LogP contribution in [-0.2, 0) is 0 Å². The maximum Gasteiger partial charge on any atom is 0.0573 e. The molecule has 0 aromatic carbocycles. The fourth-order valence-corrected chi connectivity index (χ4v) is 2.09. The van der Waals surface area contributed by atoms with E-state index in [-0.39, 0.29) is 0 Å². The minimum absolute atomic E-state index is 0.768. The van der Waals surface area contributed by atoms with Gasteiger partial charge in [0.25, 0.3) is 0 Å². The van der Waals surface area contributed by atoms with E-state index in [9.17, 15) is 0 Å². The zero-order valence-electron chi connectivity index (χ0n) is 8.08. The van der Waals surface area contributed by atoms with Crippen LogP contribution in [-0.4, -0.2) is 10.9 Å². The third-order valence-corrected chi connectivity index (χ3v) is 2.55. The quantitative estimate of drug-likeness (QED) is 0.500. The molecule has 1 atom stereocenters. The van der Waals surface area contributed by atoms with Crippen molar-refractivity contribution in [2.45, 2.75) is 46.0 Å². The van der Waals surface area contributed by atoms with Crippen LogP contribution in [0.25, 0.3) is 0 Å². The first-order chi connectivity index (χ1) is 5.72. The third-order valence-electron chi connectivity index (χ3n) is 2.55. The molecule has 0 spiro atoms. The predicted molar refractivity (Wildman–Crippen MR) is 50.6 cm³/mol. The van der Waals surface area contributed by atoms with E-state index >= 15 is 0 Å². The molecular formula is C10H19NO. The molecule has 0 aromatic rings. The fraction of sp³-hybridized carbons (Fsp3) is 0.900. The Hall–Kier alpha value is -0.530. The molecule has 0 aliphatic heterocycles. The minimum atomic E-state index is 0.768. The summed E-state index contributed by atoms with van der Waals surface area (Å²) in [6.07, 6.45) is 5.83. The van der Waals surface area contributed by atoms with Crippen LogP contribution in [0.15, 0.2) is 5.16 Å². The van der Waals surface area contributed by atoms with Crippen LogP contribution >= 0.6 is 0 Å². The molecule has 1 N–H and O–H groups in total. The lowest BCUT2D eigenvalue weighted by molar-refractivity contribution is 0.304. The summed E-state index contributed by atoms with van der Waals surface area (Å²) < 4.78 is 0. The van der Waals surface area contributed by atoms with Gasteiger partial charge in [-0.1, -0.05) is 19.0 Å². The monoisotopic (exact) mass is 169 g/mol. The molecule has 12 heavy (non-hydrogen) atoms. The van der Waals surface area contributed by atoms with Gasteiger partial charge in [-0.2, -0.15) is 0 Å². The lowest BCUT2D eigenvalue weighted by Gasteiger charge is -2.23. The van der Waals surface area contributed by atoms with Gasteiger partial charge in [-0.15, -0.1) is 0 Å². The Labute approximate surface area is 74.7 Å². The molecule has 1 aliphatic carbocycles. The van der Waals surface area contributed by atoms with E-state index in [0.717, 1.165) is 30.4 Å². The highest BCUT2D eigenvalue weighted by Crippen LogP contribution is 2.27. The molecule has 0 bridgehead atoms. The van der Waals surface area contributed by atoms with Crippen LogP contribution in [0, 0.1) is 11.8 Å². The van der Waals surface area contributed by atoms with Crippen molar-refractivity contribution in [3.8, 4) is 0 Å². The molecule has 1 aliphatic rings. The molecule has 2 nitrogen and oxygen atoms in total. The van der Waals surface area contributed by atoms with E-state index in [1.165, 1.54) is 19.3 Å². The van der Waals surface area contributed by atoms with Gasteiger partial charge in [0, 0.05) is 0 Å². The molecule has 1 saturated carbocycles. The Morgan fingerprint density at radius 3 is 2.92 bits per heavy atom. The van der Waals surface area contributed by atoms with Gasteiger partial charge in [-0.3, -0.25) is 0 Å². The summed E-state index contributed by atoms with van der Waals surface area (Å²) in [5.41, 5.74) is 1.01. The SMILES string of the molecule is CC(C)CC1CCCC(=NO)C1. The second-order valence-corrected chi connectivity index (χ2v) is 4.26. The van der Waals surface area contributed by atoms with Gasteiger partial charge < -0.3 is 5.21 Å². The smallest absolute Gasteiger partial charge is 0.0573 e. The first-order valence-corrected chi connectivity index (χ1v) is 4.92. The average molecular weight is 169 g/mol. The molecule has 0 heterocycles. The summed E-state index contributed by atoms with van der Waals surface area (Å²) >= 11 is 0. The highest BCUT2D eigenvalue weighted by molar-refractivity contribution is 5.84. The lowest BCUT2D eigenvalue weighted by Crippen LogP contribution is -2.16. The van der Waals surface area contributed by atoms with Crippen molar-refractivity contribution in [3.63, 3.8) is 0 Å². The summed E-state index contributed by atoms with van der Waals surface area (Å²) in [4.78, 5) is 0. The molecule has 1 fully saturated rings. The summed E-state index contributed by atoms with van der Waals surface area (Å²) in [5.74, 6) is 1.54. The Bertz CT molecular complexity index is 163. The maximum atomic E-state index is 8.63. The van der Waals surface area contributed by atoms with Crippen molar-refractivity contribution in [1.29, 1.82) is 0 Å². The van der Waals surface area contributed by atoms with Crippen molar-refractivity contribution < 1.29 is 5.21 Å². The third kappa shape index (κ3) is 2.84. The molecule has 0 saturated heterocycles. The highest BCUT2D eigenvalue weighted by atomic mass is 16.4. The lowest BCUT2D eigenvalue weighted by atomic mass is 9.83. The van der Waals surface area contributed by atoms with Crippen LogP contribution in [0.4, 0.5) is 0 Å². The predicted octanol–water partition coefficient (Wildman–Crippen LogP) is 3.05. The van der Waals surface area contributed by atoms with Crippen LogP contribution in [0.1, 0.15) is 46.0 Å². The molecular weight excluding hydrogens is 150 g/mol. The second-order valence-electron chi connectivity index (χ2n) is 4.26. The Morgan fingerprint density at radius 1 is 1.58 bits per heavy atom. The number of nitrogens with zero attached hydrogens (tertiary/aromatic N) is 1. The van der Waals surface area contributed by atoms with E-state index in [2.05, 4.69) is 19.0 Å². The zero-order chi connectivity index (χ0) is 8.97. The average Bonchev–Trinajstić information content (AvgIpc) is 2.03. The van der Waals surface area contributed by atoms with E-state index < -0.39 is 0 Å². The van der Waals surface area contributed by atoms with Gasteiger partial charge in [0.2, 0.25) is 0 Å². The summed E-state index contributed by atoms with van der Waals surface area (Å²) in [6.45, 7) is 4.51. The molecule has 1 unspecified atom stereocenters. The van der Waals surface area contributed by atoms with Crippen LogP contribution in [0.2, 0.25) is 0 Å². The topological polar surface area (TPSA) is 32.6 Å². The van der Waals surface area contributed by atoms with Gasteiger partial charge in [0.05, 0.1) is 5.71 Å². The normalized spacial score (nSPS) is 28.2. The van der Waals surface area contributed by atoms with E-state index in [4.69, 9.17) is 5.21 Å². The highest BCUT2D eigenvalue weighted by Gasteiger charge is 2.18. The van der Waals surface area contributed by atoms with Crippen molar-refractivity contribution in [3.05, 3.63) is 0 Å². The zero-order valence-corrected chi connectivity index (χ0v) is 8.08. The first kappa shape index (κ1) is 9.56. The van der Waals surface area contributed by atoms with E-state index in [1.807, 2.05) is 0 Å². The van der Waals surface area contributed by atoms with Crippen molar-refractivity contribution in [1.82, 2.24) is 0 Å². The van der Waals surface area contributed by atoms with Gasteiger partial charge in [-0.05, 0) is 43.9 Å². The largest absolute Gasteiger partial charge is 0.411 e. The summed E-state index contributed by atoms with van der Waals surface area (Å²) in [5, 5.41) is 12.0. The Balaban J connectivity index is 2.36. The van der Waals surface area contributed by atoms with Gasteiger partial charge >= 0.3 is 0 Å². The molecule has 70 valence electrons.